The van der Waals surface area contributed by atoms with Crippen LogP contribution in [-0.2, 0) is 11.8 Å². The van der Waals surface area contributed by atoms with Crippen molar-refractivity contribution >= 4 is 11.0 Å². The first-order chi connectivity index (χ1) is 11.0. The number of fused-ring (bicyclic) bond motifs is 1. The van der Waals surface area contributed by atoms with E-state index >= 15 is 0 Å². The zero-order chi connectivity index (χ0) is 16.4. The number of rotatable bonds is 4. The van der Waals surface area contributed by atoms with Crippen molar-refractivity contribution in [1.82, 2.24) is 9.55 Å². The molecule has 0 saturated carbocycles. The summed E-state index contributed by atoms with van der Waals surface area (Å²) >= 11 is 0. The fraction of sp³-hybridized carbons (Fsp3) is 0.350. The maximum absolute atomic E-state index is 9.15. The number of benzene rings is 2. The summed E-state index contributed by atoms with van der Waals surface area (Å²) in [6.45, 7) is 6.86. The highest BCUT2D eigenvalue weighted by Gasteiger charge is 2.15. The van der Waals surface area contributed by atoms with Crippen LogP contribution in [0, 0.1) is 0 Å². The van der Waals surface area contributed by atoms with Crippen molar-refractivity contribution in [3.05, 3.63) is 59.9 Å². The van der Waals surface area contributed by atoms with Crippen LogP contribution in [0.5, 0.6) is 0 Å². The first-order valence-corrected chi connectivity index (χ1v) is 8.19. The van der Waals surface area contributed by atoms with Crippen LogP contribution in [-0.4, -0.2) is 21.3 Å². The maximum atomic E-state index is 9.15. The van der Waals surface area contributed by atoms with Crippen LogP contribution in [0.2, 0.25) is 0 Å². The molecule has 0 aliphatic rings. The third kappa shape index (κ3) is 3.15. The molecule has 0 radical (unpaired) electrons. The van der Waals surface area contributed by atoms with E-state index in [9.17, 15) is 0 Å². The van der Waals surface area contributed by atoms with Crippen LogP contribution in [0.15, 0.2) is 48.5 Å². The Morgan fingerprint density at radius 1 is 1.00 bits per heavy atom. The van der Waals surface area contributed by atoms with Gasteiger partial charge in [0, 0.05) is 18.7 Å². The topological polar surface area (TPSA) is 38.0 Å². The number of para-hydroxylation sites is 2. The summed E-state index contributed by atoms with van der Waals surface area (Å²) in [5, 5.41) is 9.15. The molecule has 0 aliphatic heterocycles. The molecular weight excluding hydrogens is 284 g/mol. The average molecular weight is 308 g/mol. The lowest BCUT2D eigenvalue weighted by Crippen LogP contribution is -2.11. The number of aliphatic hydroxyl groups is 1. The van der Waals surface area contributed by atoms with Gasteiger partial charge in [-0.2, -0.15) is 0 Å². The average Bonchev–Trinajstić information content (AvgIpc) is 2.90. The third-order valence-corrected chi connectivity index (χ3v) is 4.18. The van der Waals surface area contributed by atoms with Gasteiger partial charge in [0.2, 0.25) is 0 Å². The first-order valence-electron chi connectivity index (χ1n) is 8.19. The molecule has 0 fully saturated rings. The van der Waals surface area contributed by atoms with Crippen LogP contribution in [0.25, 0.3) is 16.7 Å². The molecule has 3 nitrogen and oxygen atoms in total. The number of aliphatic hydroxyl groups excluding tert-OH is 1. The van der Waals surface area contributed by atoms with Crippen LogP contribution < -0.4 is 0 Å². The van der Waals surface area contributed by atoms with Crippen LogP contribution >= 0.6 is 0 Å². The van der Waals surface area contributed by atoms with E-state index in [1.54, 1.807) is 0 Å². The number of imidazole rings is 1. The SMILES string of the molecule is CC(C)(C)c1ccc(-n2c(CCCO)nc3ccccc32)cc1. The molecule has 0 aliphatic carbocycles. The normalized spacial score (nSPS) is 12.0. The van der Waals surface area contributed by atoms with Gasteiger partial charge in [0.1, 0.15) is 5.82 Å². The molecule has 0 amide bonds. The van der Waals surface area contributed by atoms with Gasteiger partial charge in [-0.3, -0.25) is 4.57 Å². The second kappa shape index (κ2) is 6.17. The van der Waals surface area contributed by atoms with E-state index < -0.39 is 0 Å². The minimum absolute atomic E-state index is 0.148. The first kappa shape index (κ1) is 15.8. The Morgan fingerprint density at radius 3 is 2.35 bits per heavy atom. The van der Waals surface area contributed by atoms with Gasteiger partial charge in [0.25, 0.3) is 0 Å². The fourth-order valence-corrected chi connectivity index (χ4v) is 2.88. The second-order valence-corrected chi connectivity index (χ2v) is 6.98. The maximum Gasteiger partial charge on any atom is 0.114 e. The van der Waals surface area contributed by atoms with Crippen molar-refractivity contribution in [2.45, 2.75) is 39.0 Å². The van der Waals surface area contributed by atoms with Crippen molar-refractivity contribution in [3.63, 3.8) is 0 Å². The highest BCUT2D eigenvalue weighted by Crippen LogP contribution is 2.26. The van der Waals surface area contributed by atoms with Gasteiger partial charge in [-0.15, -0.1) is 0 Å². The van der Waals surface area contributed by atoms with E-state index in [0.717, 1.165) is 35.4 Å². The predicted molar refractivity (Wildman–Crippen MR) is 95.2 cm³/mol. The van der Waals surface area contributed by atoms with Gasteiger partial charge in [0.15, 0.2) is 0 Å². The molecule has 1 N–H and O–H groups in total. The zero-order valence-electron chi connectivity index (χ0n) is 14.1. The summed E-state index contributed by atoms with van der Waals surface area (Å²) in [5.41, 5.74) is 4.71. The second-order valence-electron chi connectivity index (χ2n) is 6.98. The molecule has 3 rings (SSSR count). The lowest BCUT2D eigenvalue weighted by atomic mass is 9.87. The van der Waals surface area contributed by atoms with Crippen molar-refractivity contribution in [2.24, 2.45) is 0 Å². The molecular formula is C20H24N2O. The van der Waals surface area contributed by atoms with Gasteiger partial charge >= 0.3 is 0 Å². The molecule has 0 spiro atoms. The Hall–Kier alpha value is -2.13. The van der Waals surface area contributed by atoms with Crippen LogP contribution in [0.1, 0.15) is 38.6 Å². The van der Waals surface area contributed by atoms with Gasteiger partial charge in [0.05, 0.1) is 11.0 Å². The highest BCUT2D eigenvalue weighted by molar-refractivity contribution is 5.78. The summed E-state index contributed by atoms with van der Waals surface area (Å²) in [5.74, 6) is 1.00. The smallest absolute Gasteiger partial charge is 0.114 e. The molecule has 23 heavy (non-hydrogen) atoms. The van der Waals surface area contributed by atoms with E-state index in [2.05, 4.69) is 55.7 Å². The Balaban J connectivity index is 2.10. The molecule has 0 saturated heterocycles. The lowest BCUT2D eigenvalue weighted by molar-refractivity contribution is 0.287. The van der Waals surface area contributed by atoms with Gasteiger partial charge in [-0.1, -0.05) is 45.0 Å². The summed E-state index contributed by atoms with van der Waals surface area (Å²) in [4.78, 5) is 4.75. The molecule has 0 bridgehead atoms. The Labute approximate surface area is 137 Å². The number of hydrogen-bond acceptors (Lipinski definition) is 2. The molecule has 0 unspecified atom stereocenters. The molecule has 120 valence electrons. The monoisotopic (exact) mass is 308 g/mol. The van der Waals surface area contributed by atoms with Crippen molar-refractivity contribution in [2.75, 3.05) is 6.61 Å². The van der Waals surface area contributed by atoms with Crippen molar-refractivity contribution in [3.8, 4) is 5.69 Å². The highest BCUT2D eigenvalue weighted by atomic mass is 16.2. The molecule has 2 aromatic carbocycles. The standard InChI is InChI=1S/C20H24N2O/c1-20(2,3)15-10-12-16(13-11-15)22-18-8-5-4-7-17(18)21-19(22)9-6-14-23/h4-5,7-8,10-13,23H,6,9,14H2,1-3H3. The number of nitrogens with zero attached hydrogens (tertiary/aromatic N) is 2. The molecule has 0 atom stereocenters. The molecule has 1 aromatic heterocycles. The van der Waals surface area contributed by atoms with Gasteiger partial charge in [-0.25, -0.2) is 4.98 Å². The van der Waals surface area contributed by atoms with E-state index in [-0.39, 0.29) is 12.0 Å². The largest absolute Gasteiger partial charge is 0.396 e. The molecule has 3 aromatic rings. The summed E-state index contributed by atoms with van der Waals surface area (Å²) in [6.07, 6.45) is 1.50. The summed E-state index contributed by atoms with van der Waals surface area (Å²) in [7, 11) is 0. The minimum Gasteiger partial charge on any atom is -0.396 e. The third-order valence-electron chi connectivity index (χ3n) is 4.18. The van der Waals surface area contributed by atoms with Crippen LogP contribution in [0.4, 0.5) is 0 Å². The summed E-state index contributed by atoms with van der Waals surface area (Å²) in [6, 6.07) is 16.9. The van der Waals surface area contributed by atoms with Crippen molar-refractivity contribution < 1.29 is 5.11 Å². The molecule has 1 heterocycles. The minimum atomic E-state index is 0.148. The Kier molecular flexibility index (Phi) is 4.22. The van der Waals surface area contributed by atoms with E-state index in [1.165, 1.54) is 5.56 Å². The Bertz CT molecular complexity index is 795. The zero-order valence-corrected chi connectivity index (χ0v) is 14.1. The molecule has 3 heteroatoms. The number of aryl methyl sites for hydroxylation is 1. The van der Waals surface area contributed by atoms with Crippen LogP contribution in [0.3, 0.4) is 0 Å². The Morgan fingerprint density at radius 2 is 1.70 bits per heavy atom. The number of aromatic nitrogens is 2. The van der Waals surface area contributed by atoms with Gasteiger partial charge in [-0.05, 0) is 41.7 Å². The summed E-state index contributed by atoms with van der Waals surface area (Å²) < 4.78 is 2.21. The lowest BCUT2D eigenvalue weighted by Gasteiger charge is -2.19. The van der Waals surface area contributed by atoms with E-state index in [0.29, 0.717) is 0 Å². The van der Waals surface area contributed by atoms with E-state index in [1.807, 2.05) is 18.2 Å². The number of hydrogen-bond donors (Lipinski definition) is 1. The van der Waals surface area contributed by atoms with Gasteiger partial charge < -0.3 is 5.11 Å². The van der Waals surface area contributed by atoms with E-state index in [4.69, 9.17) is 10.1 Å². The predicted octanol–water partition coefficient (Wildman–Crippen LogP) is 4.25. The quantitative estimate of drug-likeness (QED) is 0.782. The fourth-order valence-electron chi connectivity index (χ4n) is 2.88. The van der Waals surface area contributed by atoms with Crippen molar-refractivity contribution in [1.29, 1.82) is 0 Å².